The molecule has 0 amide bonds. The number of aliphatic hydroxyl groups is 1. The summed E-state index contributed by atoms with van der Waals surface area (Å²) in [5, 5.41) is 8.63. The maximum absolute atomic E-state index is 12.2. The molecule has 0 heterocycles. The number of hydrogen-bond acceptors (Lipinski definition) is 3. The van der Waals surface area contributed by atoms with E-state index in [1.807, 2.05) is 0 Å². The van der Waals surface area contributed by atoms with Crippen molar-refractivity contribution in [2.45, 2.75) is 20.0 Å². The van der Waals surface area contributed by atoms with Crippen molar-refractivity contribution in [3.8, 4) is 0 Å². The lowest BCUT2D eigenvalue weighted by molar-refractivity contribution is -0.137. The van der Waals surface area contributed by atoms with Crippen LogP contribution in [0.25, 0.3) is 0 Å². The summed E-state index contributed by atoms with van der Waals surface area (Å²) >= 11 is 0. The number of alkyl halides is 3. The van der Waals surface area contributed by atoms with E-state index in [1.54, 1.807) is 0 Å². The Kier molecular flexibility index (Phi) is 6.38. The van der Waals surface area contributed by atoms with Gasteiger partial charge in [0.1, 0.15) is 6.54 Å². The Morgan fingerprint density at radius 3 is 1.88 bits per heavy atom. The van der Waals surface area contributed by atoms with Crippen molar-refractivity contribution in [1.82, 2.24) is 8.61 Å². The van der Waals surface area contributed by atoms with E-state index < -0.39 is 36.1 Å². The van der Waals surface area contributed by atoms with Crippen LogP contribution in [0.3, 0.4) is 0 Å². The van der Waals surface area contributed by atoms with Crippen LogP contribution in [0, 0.1) is 0 Å². The van der Waals surface area contributed by atoms with Gasteiger partial charge in [-0.05, 0) is 0 Å². The highest BCUT2D eigenvalue weighted by atomic mass is 32.2. The van der Waals surface area contributed by atoms with Crippen molar-refractivity contribution in [3.05, 3.63) is 0 Å². The zero-order valence-electron chi connectivity index (χ0n) is 9.74. The van der Waals surface area contributed by atoms with E-state index in [-0.39, 0.29) is 17.4 Å². The van der Waals surface area contributed by atoms with Crippen LogP contribution in [-0.2, 0) is 10.2 Å². The van der Waals surface area contributed by atoms with Gasteiger partial charge in [-0.2, -0.15) is 30.2 Å². The maximum atomic E-state index is 12.2. The zero-order chi connectivity index (χ0) is 13.7. The minimum Gasteiger partial charge on any atom is -0.395 e. The molecule has 9 heteroatoms. The molecule has 0 rings (SSSR count). The lowest BCUT2D eigenvalue weighted by atomic mass is 10.6. The van der Waals surface area contributed by atoms with Crippen LogP contribution in [0.4, 0.5) is 13.2 Å². The van der Waals surface area contributed by atoms with Crippen LogP contribution in [0.5, 0.6) is 0 Å². The smallest absolute Gasteiger partial charge is 0.395 e. The minimum atomic E-state index is -4.63. The summed E-state index contributed by atoms with van der Waals surface area (Å²) < 4.78 is 61.4. The molecule has 0 radical (unpaired) electrons. The second kappa shape index (κ2) is 6.53. The van der Waals surface area contributed by atoms with Gasteiger partial charge in [0.05, 0.1) is 6.61 Å². The van der Waals surface area contributed by atoms with Gasteiger partial charge in [0.2, 0.25) is 0 Å². The van der Waals surface area contributed by atoms with Crippen LogP contribution in [0.15, 0.2) is 0 Å². The van der Waals surface area contributed by atoms with Crippen molar-refractivity contribution < 1.29 is 26.7 Å². The topological polar surface area (TPSA) is 60.9 Å². The first-order chi connectivity index (χ1) is 7.69. The average molecular weight is 278 g/mol. The van der Waals surface area contributed by atoms with Gasteiger partial charge in [-0.25, -0.2) is 0 Å². The molecule has 0 spiro atoms. The standard InChI is InChI=1S/C8H17F3N2O3S/c1-3-12(4-2)17(15,16)13(5-6-14)7-8(9,10)11/h14H,3-7H2,1-2H3. The van der Waals surface area contributed by atoms with Crippen molar-refractivity contribution >= 4 is 10.2 Å². The number of aliphatic hydroxyl groups excluding tert-OH is 1. The maximum Gasteiger partial charge on any atom is 0.402 e. The van der Waals surface area contributed by atoms with Gasteiger partial charge in [-0.15, -0.1) is 0 Å². The van der Waals surface area contributed by atoms with Gasteiger partial charge < -0.3 is 5.11 Å². The quantitative estimate of drug-likeness (QED) is 0.734. The Bertz CT molecular complexity index is 314. The SMILES string of the molecule is CCN(CC)S(=O)(=O)N(CCO)CC(F)(F)F. The summed E-state index contributed by atoms with van der Waals surface area (Å²) in [6.07, 6.45) is -4.63. The highest BCUT2D eigenvalue weighted by molar-refractivity contribution is 7.86. The Hall–Kier alpha value is -0.380. The normalized spacial score (nSPS) is 13.6. The summed E-state index contributed by atoms with van der Waals surface area (Å²) in [5.41, 5.74) is 0. The third-order valence-corrected chi connectivity index (χ3v) is 4.20. The van der Waals surface area contributed by atoms with E-state index >= 15 is 0 Å². The van der Waals surface area contributed by atoms with Crippen LogP contribution in [-0.4, -0.2) is 61.1 Å². The number of halogens is 3. The van der Waals surface area contributed by atoms with Crippen molar-refractivity contribution in [2.75, 3.05) is 32.8 Å². The Balaban J connectivity index is 5.03. The van der Waals surface area contributed by atoms with E-state index in [0.29, 0.717) is 0 Å². The van der Waals surface area contributed by atoms with Crippen LogP contribution < -0.4 is 0 Å². The van der Waals surface area contributed by atoms with E-state index in [9.17, 15) is 21.6 Å². The highest BCUT2D eigenvalue weighted by Crippen LogP contribution is 2.19. The molecular weight excluding hydrogens is 261 g/mol. The first-order valence-corrected chi connectivity index (χ1v) is 6.51. The molecule has 0 saturated heterocycles. The van der Waals surface area contributed by atoms with Crippen LogP contribution in [0.2, 0.25) is 0 Å². The largest absolute Gasteiger partial charge is 0.402 e. The van der Waals surface area contributed by atoms with Gasteiger partial charge >= 0.3 is 6.18 Å². The van der Waals surface area contributed by atoms with Crippen molar-refractivity contribution in [1.29, 1.82) is 0 Å². The highest BCUT2D eigenvalue weighted by Gasteiger charge is 2.37. The molecule has 0 unspecified atom stereocenters. The predicted molar refractivity (Wildman–Crippen MR) is 56.6 cm³/mol. The molecule has 0 aliphatic carbocycles. The molecule has 0 atom stereocenters. The second-order valence-corrected chi connectivity index (χ2v) is 5.19. The fraction of sp³-hybridized carbons (Fsp3) is 1.00. The van der Waals surface area contributed by atoms with E-state index in [2.05, 4.69) is 0 Å². The molecule has 104 valence electrons. The third-order valence-electron chi connectivity index (χ3n) is 2.06. The third kappa shape index (κ3) is 5.19. The molecule has 17 heavy (non-hydrogen) atoms. The van der Waals surface area contributed by atoms with Gasteiger partial charge in [-0.1, -0.05) is 13.8 Å². The molecule has 0 aromatic rings. The molecule has 0 aliphatic rings. The monoisotopic (exact) mass is 278 g/mol. The van der Waals surface area contributed by atoms with E-state index in [1.165, 1.54) is 13.8 Å². The summed E-state index contributed by atoms with van der Waals surface area (Å²) in [5.74, 6) is 0. The fourth-order valence-corrected chi connectivity index (χ4v) is 2.90. The molecule has 5 nitrogen and oxygen atoms in total. The lowest BCUT2D eigenvalue weighted by Crippen LogP contribution is -2.48. The van der Waals surface area contributed by atoms with Crippen LogP contribution >= 0.6 is 0 Å². The molecule has 1 N–H and O–H groups in total. The van der Waals surface area contributed by atoms with Gasteiger partial charge in [0.15, 0.2) is 0 Å². The van der Waals surface area contributed by atoms with Gasteiger partial charge in [-0.3, -0.25) is 0 Å². The van der Waals surface area contributed by atoms with Crippen molar-refractivity contribution in [3.63, 3.8) is 0 Å². The number of hydrogen-bond donors (Lipinski definition) is 1. The molecule has 0 aromatic carbocycles. The molecule has 0 aromatic heterocycles. The molecule has 0 aliphatic heterocycles. The summed E-state index contributed by atoms with van der Waals surface area (Å²) in [7, 11) is -4.17. The summed E-state index contributed by atoms with van der Waals surface area (Å²) in [4.78, 5) is 0. The summed E-state index contributed by atoms with van der Waals surface area (Å²) in [6, 6.07) is 0. The molecular formula is C8H17F3N2O3S. The summed E-state index contributed by atoms with van der Waals surface area (Å²) in [6.45, 7) is 0.413. The molecule has 0 fully saturated rings. The fourth-order valence-electron chi connectivity index (χ4n) is 1.30. The first-order valence-electron chi connectivity index (χ1n) is 5.11. The van der Waals surface area contributed by atoms with Crippen LogP contribution in [0.1, 0.15) is 13.8 Å². The number of nitrogens with zero attached hydrogens (tertiary/aromatic N) is 2. The van der Waals surface area contributed by atoms with E-state index in [0.717, 1.165) is 4.31 Å². The first kappa shape index (κ1) is 16.6. The molecule has 0 saturated carbocycles. The average Bonchev–Trinajstić information content (AvgIpc) is 2.16. The Morgan fingerprint density at radius 2 is 1.59 bits per heavy atom. The zero-order valence-corrected chi connectivity index (χ0v) is 10.6. The van der Waals surface area contributed by atoms with Gasteiger partial charge in [0, 0.05) is 19.6 Å². The molecule has 0 bridgehead atoms. The lowest BCUT2D eigenvalue weighted by Gasteiger charge is -2.28. The Morgan fingerprint density at radius 1 is 1.12 bits per heavy atom. The van der Waals surface area contributed by atoms with E-state index in [4.69, 9.17) is 5.11 Å². The second-order valence-electron chi connectivity index (χ2n) is 3.26. The van der Waals surface area contributed by atoms with Gasteiger partial charge in [0.25, 0.3) is 10.2 Å². The Labute approximate surface area is 99.0 Å². The minimum absolute atomic E-state index is 0.0820. The number of rotatable bonds is 7. The predicted octanol–water partition coefficient (Wildman–Crippen LogP) is 0.430. The van der Waals surface area contributed by atoms with Crippen molar-refractivity contribution in [2.24, 2.45) is 0 Å².